The topological polar surface area (TPSA) is 93.1 Å². The van der Waals surface area contributed by atoms with Gasteiger partial charge in [0, 0.05) is 0 Å². The average Bonchev–Trinajstić information content (AvgIpc) is 2.71. The van der Waals surface area contributed by atoms with E-state index in [1.807, 2.05) is 60.7 Å². The summed E-state index contributed by atoms with van der Waals surface area (Å²) in [4.78, 5) is 23.3. The van der Waals surface area contributed by atoms with Crippen LogP contribution in [0, 0.1) is 0 Å². The van der Waals surface area contributed by atoms with Crippen molar-refractivity contribution in [3.05, 3.63) is 95.1 Å². The molecule has 0 spiro atoms. The van der Waals surface area contributed by atoms with Gasteiger partial charge in [-0.15, -0.1) is 0 Å². The molecule has 0 amide bonds. The van der Waals surface area contributed by atoms with Crippen molar-refractivity contribution in [2.75, 3.05) is 0 Å². The van der Waals surface area contributed by atoms with Crippen molar-refractivity contribution in [3.63, 3.8) is 0 Å². The molecule has 0 aliphatic carbocycles. The lowest BCUT2D eigenvalue weighted by molar-refractivity contribution is 0.0646. The molecule has 3 rings (SSSR count). The van der Waals surface area contributed by atoms with Crippen LogP contribution in [-0.2, 0) is 13.2 Å². The molecular formula is C22H18O6. The van der Waals surface area contributed by atoms with Gasteiger partial charge in [-0.05, 0) is 23.3 Å². The molecule has 142 valence electrons. The van der Waals surface area contributed by atoms with E-state index >= 15 is 0 Å². The van der Waals surface area contributed by atoms with Crippen LogP contribution in [-0.4, -0.2) is 22.2 Å². The first-order valence-corrected chi connectivity index (χ1v) is 8.53. The predicted molar refractivity (Wildman–Crippen MR) is 102 cm³/mol. The molecule has 0 aliphatic heterocycles. The Hall–Kier alpha value is -3.80. The van der Waals surface area contributed by atoms with Crippen LogP contribution in [0.5, 0.6) is 11.5 Å². The van der Waals surface area contributed by atoms with E-state index in [-0.39, 0.29) is 30.3 Å². The van der Waals surface area contributed by atoms with E-state index in [0.717, 1.165) is 11.1 Å². The minimum atomic E-state index is -1.40. The molecule has 3 aromatic rings. The summed E-state index contributed by atoms with van der Waals surface area (Å²) in [6.45, 7) is 0.264. The number of carbonyl (C=O) groups is 2. The van der Waals surface area contributed by atoms with Crippen LogP contribution in [0.3, 0.4) is 0 Å². The predicted octanol–water partition coefficient (Wildman–Crippen LogP) is 4.24. The van der Waals surface area contributed by atoms with E-state index in [2.05, 4.69) is 0 Å². The maximum atomic E-state index is 11.8. The minimum Gasteiger partial charge on any atom is -0.485 e. The van der Waals surface area contributed by atoms with Crippen molar-refractivity contribution in [2.24, 2.45) is 0 Å². The zero-order chi connectivity index (χ0) is 19.9. The first-order chi connectivity index (χ1) is 13.6. The normalized spacial score (nSPS) is 10.3. The van der Waals surface area contributed by atoms with Gasteiger partial charge < -0.3 is 19.7 Å². The summed E-state index contributed by atoms with van der Waals surface area (Å²) < 4.78 is 11.5. The second-order valence-electron chi connectivity index (χ2n) is 5.97. The SMILES string of the molecule is O=C(O)c1ccc(OCc2ccccc2)c(OCc2ccccc2)c1C(=O)O. The Morgan fingerprint density at radius 3 is 1.71 bits per heavy atom. The van der Waals surface area contributed by atoms with Crippen molar-refractivity contribution in [1.29, 1.82) is 0 Å². The molecule has 0 aliphatic rings. The Morgan fingerprint density at radius 2 is 1.21 bits per heavy atom. The number of ether oxygens (including phenoxy) is 2. The molecule has 6 heteroatoms. The standard InChI is InChI=1S/C22H18O6/c23-21(24)17-11-12-18(27-13-15-7-3-1-4-8-15)20(19(17)22(25)26)28-14-16-9-5-2-6-10-16/h1-12H,13-14H2,(H,23,24)(H,25,26). The van der Waals surface area contributed by atoms with Crippen molar-refractivity contribution >= 4 is 11.9 Å². The summed E-state index contributed by atoms with van der Waals surface area (Å²) in [7, 11) is 0. The van der Waals surface area contributed by atoms with E-state index in [4.69, 9.17) is 9.47 Å². The quantitative estimate of drug-likeness (QED) is 0.609. The summed E-state index contributed by atoms with van der Waals surface area (Å²) in [5, 5.41) is 19.0. The van der Waals surface area contributed by atoms with Gasteiger partial charge in [0.05, 0.1) is 5.56 Å². The third-order valence-corrected chi connectivity index (χ3v) is 4.03. The molecule has 0 radical (unpaired) electrons. The number of carboxylic acids is 2. The lowest BCUT2D eigenvalue weighted by Crippen LogP contribution is -2.12. The zero-order valence-electron chi connectivity index (χ0n) is 14.9. The van der Waals surface area contributed by atoms with Crippen LogP contribution in [0.25, 0.3) is 0 Å². The van der Waals surface area contributed by atoms with Gasteiger partial charge in [-0.3, -0.25) is 0 Å². The van der Waals surface area contributed by atoms with E-state index < -0.39 is 17.5 Å². The van der Waals surface area contributed by atoms with Crippen LogP contribution in [0.2, 0.25) is 0 Å². The number of rotatable bonds is 8. The molecule has 0 saturated heterocycles. The Labute approximate surface area is 161 Å². The molecular weight excluding hydrogens is 360 g/mol. The van der Waals surface area contributed by atoms with E-state index in [0.29, 0.717) is 0 Å². The van der Waals surface area contributed by atoms with Crippen molar-refractivity contribution in [1.82, 2.24) is 0 Å². The molecule has 0 aromatic heterocycles. The number of carboxylic acid groups (broad SMARTS) is 2. The third-order valence-electron chi connectivity index (χ3n) is 4.03. The Bertz CT molecular complexity index is 967. The van der Waals surface area contributed by atoms with Gasteiger partial charge in [-0.2, -0.15) is 0 Å². The minimum absolute atomic E-state index is 0.0753. The molecule has 2 N–H and O–H groups in total. The first-order valence-electron chi connectivity index (χ1n) is 8.53. The van der Waals surface area contributed by atoms with Crippen LogP contribution in [0.15, 0.2) is 72.8 Å². The highest BCUT2D eigenvalue weighted by atomic mass is 16.5. The highest BCUT2D eigenvalue weighted by molar-refractivity contribution is 6.04. The van der Waals surface area contributed by atoms with Gasteiger partial charge in [0.25, 0.3) is 0 Å². The van der Waals surface area contributed by atoms with Crippen molar-refractivity contribution < 1.29 is 29.3 Å². The number of hydrogen-bond acceptors (Lipinski definition) is 4. The number of aromatic carboxylic acids is 2. The Balaban J connectivity index is 1.96. The van der Waals surface area contributed by atoms with E-state index in [1.54, 1.807) is 0 Å². The van der Waals surface area contributed by atoms with E-state index in [1.165, 1.54) is 12.1 Å². The fourth-order valence-corrected chi connectivity index (χ4v) is 2.68. The lowest BCUT2D eigenvalue weighted by atomic mass is 10.1. The fraction of sp³-hybridized carbons (Fsp3) is 0.0909. The Kier molecular flexibility index (Phi) is 5.91. The summed E-state index contributed by atoms with van der Waals surface area (Å²) in [6.07, 6.45) is 0. The molecule has 0 fully saturated rings. The lowest BCUT2D eigenvalue weighted by Gasteiger charge is -2.16. The third kappa shape index (κ3) is 4.48. The van der Waals surface area contributed by atoms with Crippen LogP contribution in [0.1, 0.15) is 31.8 Å². The highest BCUT2D eigenvalue weighted by Gasteiger charge is 2.25. The van der Waals surface area contributed by atoms with E-state index in [9.17, 15) is 19.8 Å². The maximum absolute atomic E-state index is 11.8. The summed E-state index contributed by atoms with van der Waals surface area (Å²) >= 11 is 0. The summed E-state index contributed by atoms with van der Waals surface area (Å²) in [5.74, 6) is -2.68. The largest absolute Gasteiger partial charge is 0.485 e. The molecule has 0 unspecified atom stereocenters. The summed E-state index contributed by atoms with van der Waals surface area (Å²) in [6, 6.07) is 21.1. The monoisotopic (exact) mass is 378 g/mol. The Morgan fingerprint density at radius 1 is 0.679 bits per heavy atom. The second kappa shape index (κ2) is 8.73. The second-order valence-corrected chi connectivity index (χ2v) is 5.97. The molecule has 3 aromatic carbocycles. The van der Waals surface area contributed by atoms with Crippen LogP contribution in [0.4, 0.5) is 0 Å². The van der Waals surface area contributed by atoms with Crippen LogP contribution < -0.4 is 9.47 Å². The van der Waals surface area contributed by atoms with Crippen molar-refractivity contribution in [2.45, 2.75) is 13.2 Å². The highest BCUT2D eigenvalue weighted by Crippen LogP contribution is 2.35. The maximum Gasteiger partial charge on any atom is 0.340 e. The van der Waals surface area contributed by atoms with Crippen molar-refractivity contribution in [3.8, 4) is 11.5 Å². The molecule has 0 bridgehead atoms. The van der Waals surface area contributed by atoms with Gasteiger partial charge in [0.1, 0.15) is 18.8 Å². The van der Waals surface area contributed by atoms with Gasteiger partial charge in [0.15, 0.2) is 11.5 Å². The molecule has 6 nitrogen and oxygen atoms in total. The zero-order valence-corrected chi connectivity index (χ0v) is 14.9. The first kappa shape index (κ1) is 19.0. The molecule has 0 atom stereocenters. The van der Waals surface area contributed by atoms with Gasteiger partial charge in [-0.25, -0.2) is 9.59 Å². The molecule has 28 heavy (non-hydrogen) atoms. The molecule has 0 saturated carbocycles. The number of hydrogen-bond donors (Lipinski definition) is 2. The van der Waals surface area contributed by atoms with Gasteiger partial charge in [0.2, 0.25) is 0 Å². The summed E-state index contributed by atoms with van der Waals surface area (Å²) in [5.41, 5.74) is 0.904. The van der Waals surface area contributed by atoms with Crippen LogP contribution >= 0.6 is 0 Å². The molecule has 0 heterocycles. The fourth-order valence-electron chi connectivity index (χ4n) is 2.68. The van der Waals surface area contributed by atoms with Gasteiger partial charge >= 0.3 is 11.9 Å². The smallest absolute Gasteiger partial charge is 0.340 e. The van der Waals surface area contributed by atoms with Gasteiger partial charge in [-0.1, -0.05) is 60.7 Å². The average molecular weight is 378 g/mol. The number of benzene rings is 3.